The first kappa shape index (κ1) is 11.1. The highest BCUT2D eigenvalue weighted by Gasteiger charge is 2.16. The van der Waals surface area contributed by atoms with E-state index in [2.05, 4.69) is 4.98 Å². The lowest BCUT2D eigenvalue weighted by atomic mass is 10.0. The number of aromatic nitrogens is 1. The summed E-state index contributed by atoms with van der Waals surface area (Å²) < 4.78 is 27.0. The van der Waals surface area contributed by atoms with E-state index in [0.717, 1.165) is 17.3 Å². The molecule has 0 aliphatic rings. The fourth-order valence-corrected chi connectivity index (χ4v) is 2.12. The number of fused-ring (bicyclic) bond motifs is 1. The summed E-state index contributed by atoms with van der Waals surface area (Å²) in [7, 11) is 0. The van der Waals surface area contributed by atoms with Gasteiger partial charge < -0.3 is 10.7 Å². The van der Waals surface area contributed by atoms with E-state index in [0.29, 0.717) is 29.4 Å². The second-order valence-corrected chi connectivity index (χ2v) is 3.98. The lowest BCUT2D eigenvalue weighted by molar-refractivity contribution is 0.585. The van der Waals surface area contributed by atoms with E-state index in [1.54, 1.807) is 6.92 Å². The number of aryl methyl sites for hydroxylation is 2. The first-order valence-electron chi connectivity index (χ1n) is 5.22. The number of aromatic amines is 1. The maximum atomic E-state index is 13.6. The van der Waals surface area contributed by atoms with Crippen LogP contribution in [0.15, 0.2) is 6.07 Å². The van der Waals surface area contributed by atoms with Gasteiger partial charge in [0.15, 0.2) is 0 Å². The molecule has 3 N–H and O–H groups in total. The standard InChI is InChI=1S/C12H14F2N2/c1-6-9(13)5-10(14)12-11(6)8(3-4-15)7(2)16-12/h5,16H,3-4,15H2,1-2H3. The Morgan fingerprint density at radius 3 is 2.56 bits per heavy atom. The predicted octanol–water partition coefficient (Wildman–Crippen LogP) is 2.56. The molecule has 0 saturated heterocycles. The molecule has 86 valence electrons. The second kappa shape index (κ2) is 3.87. The average Bonchev–Trinajstić information content (AvgIpc) is 2.55. The molecular weight excluding hydrogens is 210 g/mol. The highest BCUT2D eigenvalue weighted by molar-refractivity contribution is 5.88. The highest BCUT2D eigenvalue weighted by Crippen LogP contribution is 2.29. The van der Waals surface area contributed by atoms with Crippen molar-refractivity contribution >= 4 is 10.9 Å². The molecule has 4 heteroatoms. The summed E-state index contributed by atoms with van der Waals surface area (Å²) in [4.78, 5) is 2.95. The van der Waals surface area contributed by atoms with Crippen LogP contribution in [0, 0.1) is 25.5 Å². The first-order valence-corrected chi connectivity index (χ1v) is 5.22. The van der Waals surface area contributed by atoms with E-state index in [1.165, 1.54) is 0 Å². The molecule has 0 amide bonds. The summed E-state index contributed by atoms with van der Waals surface area (Å²) >= 11 is 0. The van der Waals surface area contributed by atoms with Gasteiger partial charge in [0.05, 0.1) is 5.52 Å². The third-order valence-corrected chi connectivity index (χ3v) is 2.94. The Labute approximate surface area is 92.5 Å². The van der Waals surface area contributed by atoms with Crippen molar-refractivity contribution in [2.24, 2.45) is 5.73 Å². The van der Waals surface area contributed by atoms with Crippen LogP contribution in [0.5, 0.6) is 0 Å². The van der Waals surface area contributed by atoms with Gasteiger partial charge in [-0.2, -0.15) is 0 Å². The molecule has 16 heavy (non-hydrogen) atoms. The minimum atomic E-state index is -0.551. The molecule has 1 heterocycles. The molecule has 0 saturated carbocycles. The number of nitrogens with one attached hydrogen (secondary N) is 1. The minimum Gasteiger partial charge on any atom is -0.356 e. The van der Waals surface area contributed by atoms with Crippen LogP contribution in [0.1, 0.15) is 16.8 Å². The van der Waals surface area contributed by atoms with Crippen LogP contribution >= 0.6 is 0 Å². The molecule has 0 unspecified atom stereocenters. The Morgan fingerprint density at radius 1 is 1.25 bits per heavy atom. The van der Waals surface area contributed by atoms with Gasteiger partial charge in [0, 0.05) is 17.1 Å². The molecule has 2 aromatic rings. The molecule has 0 fully saturated rings. The zero-order valence-corrected chi connectivity index (χ0v) is 9.32. The van der Waals surface area contributed by atoms with E-state index >= 15 is 0 Å². The minimum absolute atomic E-state index is 0.375. The SMILES string of the molecule is Cc1[nH]c2c(F)cc(F)c(C)c2c1CCN. The van der Waals surface area contributed by atoms with Crippen molar-refractivity contribution in [3.8, 4) is 0 Å². The van der Waals surface area contributed by atoms with Gasteiger partial charge in [-0.1, -0.05) is 0 Å². The molecule has 1 aromatic heterocycles. The number of hydrogen-bond acceptors (Lipinski definition) is 1. The molecule has 0 aliphatic heterocycles. The lowest BCUT2D eigenvalue weighted by Gasteiger charge is -2.03. The van der Waals surface area contributed by atoms with E-state index in [-0.39, 0.29) is 0 Å². The fraction of sp³-hybridized carbons (Fsp3) is 0.333. The van der Waals surface area contributed by atoms with Crippen LogP contribution in [-0.4, -0.2) is 11.5 Å². The van der Waals surface area contributed by atoms with Crippen molar-refractivity contribution in [3.05, 3.63) is 34.5 Å². The van der Waals surface area contributed by atoms with Gasteiger partial charge in [0.25, 0.3) is 0 Å². The number of rotatable bonds is 2. The molecule has 1 aromatic carbocycles. The largest absolute Gasteiger partial charge is 0.356 e. The summed E-state index contributed by atoms with van der Waals surface area (Å²) in [5, 5.41) is 0.639. The van der Waals surface area contributed by atoms with Gasteiger partial charge in [-0.25, -0.2) is 8.78 Å². The monoisotopic (exact) mass is 224 g/mol. The predicted molar refractivity (Wildman–Crippen MR) is 60.4 cm³/mol. The van der Waals surface area contributed by atoms with Gasteiger partial charge in [0.1, 0.15) is 11.6 Å². The number of benzene rings is 1. The van der Waals surface area contributed by atoms with Crippen LogP contribution in [-0.2, 0) is 6.42 Å². The fourth-order valence-electron chi connectivity index (χ4n) is 2.12. The summed E-state index contributed by atoms with van der Waals surface area (Å²) in [6.07, 6.45) is 0.621. The maximum absolute atomic E-state index is 13.6. The number of hydrogen-bond donors (Lipinski definition) is 2. The Balaban J connectivity index is 2.85. The second-order valence-electron chi connectivity index (χ2n) is 3.98. The molecule has 0 atom stereocenters. The van der Waals surface area contributed by atoms with Gasteiger partial charge in [-0.05, 0) is 37.9 Å². The van der Waals surface area contributed by atoms with Crippen molar-refractivity contribution < 1.29 is 8.78 Å². The molecule has 2 rings (SSSR count). The van der Waals surface area contributed by atoms with Crippen LogP contribution in [0.3, 0.4) is 0 Å². The Hall–Kier alpha value is -1.42. The third-order valence-electron chi connectivity index (χ3n) is 2.94. The summed E-state index contributed by atoms with van der Waals surface area (Å²) in [5.41, 5.74) is 8.12. The van der Waals surface area contributed by atoms with E-state index < -0.39 is 11.6 Å². The number of H-pyrrole nitrogens is 1. The van der Waals surface area contributed by atoms with E-state index in [1.807, 2.05) is 6.92 Å². The Kier molecular flexibility index (Phi) is 2.68. The molecule has 2 nitrogen and oxygen atoms in total. The van der Waals surface area contributed by atoms with Crippen LogP contribution < -0.4 is 5.73 Å². The van der Waals surface area contributed by atoms with Gasteiger partial charge >= 0.3 is 0 Å². The van der Waals surface area contributed by atoms with Crippen LogP contribution in [0.25, 0.3) is 10.9 Å². The van der Waals surface area contributed by atoms with Crippen molar-refractivity contribution in [2.75, 3.05) is 6.54 Å². The smallest absolute Gasteiger partial charge is 0.150 e. The van der Waals surface area contributed by atoms with E-state index in [4.69, 9.17) is 5.73 Å². The quantitative estimate of drug-likeness (QED) is 0.808. The number of halogens is 2. The summed E-state index contributed by atoms with van der Waals surface area (Å²) in [6.45, 7) is 3.97. The highest BCUT2D eigenvalue weighted by atomic mass is 19.1. The molecule has 0 bridgehead atoms. The van der Waals surface area contributed by atoms with Crippen molar-refractivity contribution in [1.29, 1.82) is 0 Å². The molecule has 0 radical (unpaired) electrons. The van der Waals surface area contributed by atoms with E-state index in [9.17, 15) is 8.78 Å². The first-order chi connectivity index (χ1) is 7.56. The van der Waals surface area contributed by atoms with Gasteiger partial charge in [0.2, 0.25) is 0 Å². The Morgan fingerprint density at radius 2 is 1.94 bits per heavy atom. The van der Waals surface area contributed by atoms with Gasteiger partial charge in [-0.3, -0.25) is 0 Å². The molecular formula is C12H14F2N2. The average molecular weight is 224 g/mol. The van der Waals surface area contributed by atoms with Crippen LogP contribution in [0.4, 0.5) is 8.78 Å². The van der Waals surface area contributed by atoms with Gasteiger partial charge in [-0.15, -0.1) is 0 Å². The molecule has 0 spiro atoms. The summed E-state index contributed by atoms with van der Waals surface area (Å²) in [5.74, 6) is -1.06. The number of nitrogens with two attached hydrogens (primary N) is 1. The van der Waals surface area contributed by atoms with Crippen molar-refractivity contribution in [1.82, 2.24) is 4.98 Å². The maximum Gasteiger partial charge on any atom is 0.150 e. The lowest BCUT2D eigenvalue weighted by Crippen LogP contribution is -2.03. The Bertz CT molecular complexity index is 544. The summed E-state index contributed by atoms with van der Waals surface area (Å²) in [6, 6.07) is 0.917. The zero-order chi connectivity index (χ0) is 11.9. The topological polar surface area (TPSA) is 41.8 Å². The normalized spacial score (nSPS) is 11.3. The van der Waals surface area contributed by atoms with Crippen LogP contribution in [0.2, 0.25) is 0 Å². The zero-order valence-electron chi connectivity index (χ0n) is 9.32. The van der Waals surface area contributed by atoms with Crippen molar-refractivity contribution in [2.45, 2.75) is 20.3 Å². The third kappa shape index (κ3) is 1.50. The molecule has 0 aliphatic carbocycles. The van der Waals surface area contributed by atoms with Crippen molar-refractivity contribution in [3.63, 3.8) is 0 Å².